The Morgan fingerprint density at radius 2 is 1.88 bits per heavy atom. The van der Waals surface area contributed by atoms with Crippen LogP contribution in [0.3, 0.4) is 0 Å². The maximum atomic E-state index is 12.6. The number of carbonyl (C=O) groups is 2. The molecule has 1 aromatic heterocycles. The molecule has 2 aromatic carbocycles. The van der Waals surface area contributed by atoms with E-state index in [-0.39, 0.29) is 17.6 Å². The number of halogens is 1. The molecule has 8 nitrogen and oxygen atoms in total. The van der Waals surface area contributed by atoms with E-state index in [1.807, 2.05) is 18.4 Å². The van der Waals surface area contributed by atoms with Gasteiger partial charge in [-0.15, -0.1) is 16.8 Å². The van der Waals surface area contributed by atoms with Crippen molar-refractivity contribution in [1.82, 2.24) is 20.1 Å². The maximum Gasteiger partial charge on any atom is 0.251 e. The number of ether oxygens (including phenoxy) is 1. The smallest absolute Gasteiger partial charge is 0.251 e. The lowest BCUT2D eigenvalue weighted by Gasteiger charge is -2.15. The first-order valence-electron chi connectivity index (χ1n) is 10.7. The van der Waals surface area contributed by atoms with Crippen molar-refractivity contribution in [2.75, 3.05) is 17.7 Å². The number of carbonyl (C=O) groups excluding carboxylic acids is 2. The number of hydrogen-bond donors (Lipinski definition) is 2. The number of aromatic nitrogens is 3. The first-order valence-corrected chi connectivity index (χ1v) is 12.0. The van der Waals surface area contributed by atoms with E-state index in [4.69, 9.17) is 16.3 Å². The Morgan fingerprint density at radius 1 is 1.18 bits per heavy atom. The van der Waals surface area contributed by atoms with Gasteiger partial charge in [-0.3, -0.25) is 9.59 Å². The summed E-state index contributed by atoms with van der Waals surface area (Å²) in [6, 6.07) is 13.4. The van der Waals surface area contributed by atoms with Crippen LogP contribution in [0.4, 0.5) is 5.69 Å². The molecule has 1 heterocycles. The van der Waals surface area contributed by atoms with E-state index in [0.29, 0.717) is 40.4 Å². The largest absolute Gasteiger partial charge is 0.494 e. The quantitative estimate of drug-likeness (QED) is 0.292. The van der Waals surface area contributed by atoms with Gasteiger partial charge in [-0.1, -0.05) is 29.4 Å². The molecule has 0 unspecified atom stereocenters. The van der Waals surface area contributed by atoms with Gasteiger partial charge in [0.15, 0.2) is 11.0 Å². The van der Waals surface area contributed by atoms with E-state index in [2.05, 4.69) is 27.4 Å². The van der Waals surface area contributed by atoms with Gasteiger partial charge in [-0.2, -0.15) is 0 Å². The number of nitrogens with zero attached hydrogens (tertiary/aromatic N) is 3. The molecule has 0 aliphatic rings. The van der Waals surface area contributed by atoms with Crippen molar-refractivity contribution in [3.63, 3.8) is 0 Å². The van der Waals surface area contributed by atoms with Crippen LogP contribution in [0.5, 0.6) is 5.75 Å². The minimum absolute atomic E-state index is 0.147. The molecule has 0 aliphatic heterocycles. The summed E-state index contributed by atoms with van der Waals surface area (Å²) in [4.78, 5) is 25.0. The Hall–Kier alpha value is -3.30. The predicted molar refractivity (Wildman–Crippen MR) is 135 cm³/mol. The Balaban J connectivity index is 1.62. The molecule has 0 fully saturated rings. The van der Waals surface area contributed by atoms with E-state index in [1.165, 1.54) is 11.8 Å². The Bertz CT molecular complexity index is 1130. The molecule has 3 aromatic rings. The van der Waals surface area contributed by atoms with Gasteiger partial charge in [0.2, 0.25) is 5.91 Å². The van der Waals surface area contributed by atoms with Crippen molar-refractivity contribution in [2.24, 2.45) is 0 Å². The van der Waals surface area contributed by atoms with Crippen LogP contribution in [0.1, 0.15) is 36.1 Å². The molecular formula is C24H26ClN5O3S. The lowest BCUT2D eigenvalue weighted by molar-refractivity contribution is -0.113. The summed E-state index contributed by atoms with van der Waals surface area (Å²) < 4.78 is 7.24. The summed E-state index contributed by atoms with van der Waals surface area (Å²) in [5.41, 5.74) is 1.17. The molecule has 0 bridgehead atoms. The van der Waals surface area contributed by atoms with Gasteiger partial charge in [0.1, 0.15) is 5.75 Å². The predicted octanol–water partition coefficient (Wildman–Crippen LogP) is 4.74. The lowest BCUT2D eigenvalue weighted by atomic mass is 10.2. The van der Waals surface area contributed by atoms with Crippen LogP contribution in [0.2, 0.25) is 5.02 Å². The second-order valence-electron chi connectivity index (χ2n) is 7.24. The number of amides is 2. The number of rotatable bonds is 11. The molecule has 34 heavy (non-hydrogen) atoms. The first-order chi connectivity index (χ1) is 16.4. The standard InChI is InChI=1S/C24H26ClN5O3S/c1-4-14-30-22(16(3)26-23(32)17-6-8-18(25)9-7-17)28-29-24(30)34-15-21(31)27-19-10-12-20(13-11-19)33-5-2/h4,6-13,16H,1,5,14-15H2,2-3H3,(H,26,32)(H,27,31)/t16-/m0/s1. The molecule has 2 amide bonds. The van der Waals surface area contributed by atoms with Crippen molar-refractivity contribution >= 4 is 40.9 Å². The van der Waals surface area contributed by atoms with Crippen molar-refractivity contribution in [2.45, 2.75) is 31.6 Å². The highest BCUT2D eigenvalue weighted by Gasteiger charge is 2.20. The summed E-state index contributed by atoms with van der Waals surface area (Å²) in [5.74, 6) is 1.04. The van der Waals surface area contributed by atoms with Gasteiger partial charge in [-0.25, -0.2) is 0 Å². The fourth-order valence-electron chi connectivity index (χ4n) is 3.10. The summed E-state index contributed by atoms with van der Waals surface area (Å²) in [7, 11) is 0. The monoisotopic (exact) mass is 499 g/mol. The highest BCUT2D eigenvalue weighted by Crippen LogP contribution is 2.22. The zero-order valence-corrected chi connectivity index (χ0v) is 20.5. The third-order valence-corrected chi connectivity index (χ3v) is 5.90. The van der Waals surface area contributed by atoms with Crippen molar-refractivity contribution in [3.8, 4) is 5.75 Å². The third kappa shape index (κ3) is 6.85. The summed E-state index contributed by atoms with van der Waals surface area (Å²) in [5, 5.41) is 15.4. The first kappa shape index (κ1) is 25.3. The normalized spacial score (nSPS) is 11.5. The van der Waals surface area contributed by atoms with E-state index in [9.17, 15) is 9.59 Å². The Kier molecular flexibility index (Phi) is 9.12. The molecule has 10 heteroatoms. The van der Waals surface area contributed by atoms with Crippen LogP contribution >= 0.6 is 23.4 Å². The molecule has 1 atom stereocenters. The third-order valence-electron chi connectivity index (χ3n) is 4.68. The van der Waals surface area contributed by atoms with Gasteiger partial charge >= 0.3 is 0 Å². The molecule has 0 radical (unpaired) electrons. The second kappa shape index (κ2) is 12.2. The molecule has 0 saturated heterocycles. The molecule has 3 rings (SSSR count). The zero-order valence-electron chi connectivity index (χ0n) is 19.0. The van der Waals surface area contributed by atoms with Crippen LogP contribution in [-0.4, -0.2) is 38.9 Å². The van der Waals surface area contributed by atoms with Crippen molar-refractivity contribution < 1.29 is 14.3 Å². The van der Waals surface area contributed by atoms with E-state index in [1.54, 1.807) is 54.6 Å². The summed E-state index contributed by atoms with van der Waals surface area (Å²) in [6.07, 6.45) is 1.71. The fraction of sp³-hybridized carbons (Fsp3) is 0.250. The van der Waals surface area contributed by atoms with Gasteiger partial charge in [0.05, 0.1) is 18.4 Å². The van der Waals surface area contributed by atoms with Crippen LogP contribution in [0, 0.1) is 0 Å². The Morgan fingerprint density at radius 3 is 2.53 bits per heavy atom. The SMILES string of the molecule is C=CCn1c(SCC(=O)Nc2ccc(OCC)cc2)nnc1[C@H](C)NC(=O)c1ccc(Cl)cc1. The van der Waals surface area contributed by atoms with Crippen molar-refractivity contribution in [3.05, 3.63) is 77.6 Å². The zero-order chi connectivity index (χ0) is 24.5. The average Bonchev–Trinajstić information content (AvgIpc) is 3.22. The van der Waals surface area contributed by atoms with Crippen LogP contribution < -0.4 is 15.4 Å². The van der Waals surface area contributed by atoms with Gasteiger partial charge in [0.25, 0.3) is 5.91 Å². The van der Waals surface area contributed by atoms with Crippen LogP contribution in [-0.2, 0) is 11.3 Å². The minimum Gasteiger partial charge on any atom is -0.494 e. The average molecular weight is 500 g/mol. The van der Waals surface area contributed by atoms with Gasteiger partial charge in [-0.05, 0) is 62.4 Å². The highest BCUT2D eigenvalue weighted by atomic mass is 35.5. The van der Waals surface area contributed by atoms with Crippen LogP contribution in [0.25, 0.3) is 0 Å². The van der Waals surface area contributed by atoms with E-state index in [0.717, 1.165) is 5.75 Å². The van der Waals surface area contributed by atoms with Gasteiger partial charge in [0, 0.05) is 22.8 Å². The molecule has 2 N–H and O–H groups in total. The van der Waals surface area contributed by atoms with E-state index < -0.39 is 6.04 Å². The number of anilines is 1. The fourth-order valence-corrected chi connectivity index (χ4v) is 3.98. The molecule has 0 aliphatic carbocycles. The molecule has 0 spiro atoms. The number of allylic oxidation sites excluding steroid dienone is 1. The summed E-state index contributed by atoms with van der Waals surface area (Å²) in [6.45, 7) is 8.55. The molecular weight excluding hydrogens is 474 g/mol. The molecule has 0 saturated carbocycles. The number of hydrogen-bond acceptors (Lipinski definition) is 6. The maximum absolute atomic E-state index is 12.6. The minimum atomic E-state index is -0.414. The Labute approximate surface area is 207 Å². The highest BCUT2D eigenvalue weighted by molar-refractivity contribution is 7.99. The second-order valence-corrected chi connectivity index (χ2v) is 8.62. The number of nitrogens with one attached hydrogen (secondary N) is 2. The molecule has 178 valence electrons. The summed E-state index contributed by atoms with van der Waals surface area (Å²) >= 11 is 7.15. The number of thioether (sulfide) groups is 1. The van der Waals surface area contributed by atoms with Crippen LogP contribution in [0.15, 0.2) is 66.3 Å². The van der Waals surface area contributed by atoms with Gasteiger partial charge < -0.3 is 19.9 Å². The lowest BCUT2D eigenvalue weighted by Crippen LogP contribution is -2.28. The number of benzene rings is 2. The van der Waals surface area contributed by atoms with Crippen molar-refractivity contribution in [1.29, 1.82) is 0 Å². The van der Waals surface area contributed by atoms with E-state index >= 15 is 0 Å². The topological polar surface area (TPSA) is 98.1 Å².